The van der Waals surface area contributed by atoms with Gasteiger partial charge < -0.3 is 10.4 Å². The van der Waals surface area contributed by atoms with Crippen LogP contribution in [-0.4, -0.2) is 42.8 Å². The van der Waals surface area contributed by atoms with E-state index in [1.807, 2.05) is 0 Å². The predicted octanol–water partition coefficient (Wildman–Crippen LogP) is 1.96. The standard InChI is InChI=1S/C16H26N2O/c1-13-6-4-5-7-14(13)15(16(2,3)12-19)18-10-8-17-9-11-18/h4-7,15,17,19H,8-12H2,1-3H3/t15-/m0/s1. The molecule has 2 N–H and O–H groups in total. The Hall–Kier alpha value is -0.900. The third-order valence-corrected chi connectivity index (χ3v) is 4.15. The molecule has 1 saturated heterocycles. The first-order valence-electron chi connectivity index (χ1n) is 7.17. The summed E-state index contributed by atoms with van der Waals surface area (Å²) in [5, 5.41) is 13.2. The highest BCUT2D eigenvalue weighted by Crippen LogP contribution is 2.39. The number of aliphatic hydroxyl groups excluding tert-OH is 1. The Bertz CT molecular complexity index is 411. The summed E-state index contributed by atoms with van der Waals surface area (Å²) in [6.45, 7) is 10.8. The molecule has 106 valence electrons. The van der Waals surface area contributed by atoms with Crippen LogP contribution < -0.4 is 5.32 Å². The Balaban J connectivity index is 2.36. The smallest absolute Gasteiger partial charge is 0.0500 e. The average Bonchev–Trinajstić information content (AvgIpc) is 2.42. The van der Waals surface area contributed by atoms with Crippen LogP contribution >= 0.6 is 0 Å². The number of benzene rings is 1. The minimum Gasteiger partial charge on any atom is -0.396 e. The minimum atomic E-state index is -0.135. The lowest BCUT2D eigenvalue weighted by atomic mass is 9.78. The fraction of sp³-hybridized carbons (Fsp3) is 0.625. The molecule has 0 saturated carbocycles. The zero-order valence-electron chi connectivity index (χ0n) is 12.3. The summed E-state index contributed by atoms with van der Waals surface area (Å²) in [6.07, 6.45) is 0. The third kappa shape index (κ3) is 3.16. The molecule has 1 heterocycles. The summed E-state index contributed by atoms with van der Waals surface area (Å²) < 4.78 is 0. The number of aryl methyl sites for hydroxylation is 1. The van der Waals surface area contributed by atoms with Gasteiger partial charge in [0.25, 0.3) is 0 Å². The van der Waals surface area contributed by atoms with Crippen molar-refractivity contribution in [1.29, 1.82) is 0 Å². The van der Waals surface area contributed by atoms with E-state index in [2.05, 4.69) is 55.3 Å². The molecule has 3 heteroatoms. The van der Waals surface area contributed by atoms with Crippen molar-refractivity contribution in [3.8, 4) is 0 Å². The van der Waals surface area contributed by atoms with E-state index in [4.69, 9.17) is 0 Å². The van der Waals surface area contributed by atoms with Gasteiger partial charge >= 0.3 is 0 Å². The summed E-state index contributed by atoms with van der Waals surface area (Å²) >= 11 is 0. The highest BCUT2D eigenvalue weighted by molar-refractivity contribution is 5.30. The van der Waals surface area contributed by atoms with Crippen molar-refractivity contribution in [2.24, 2.45) is 5.41 Å². The van der Waals surface area contributed by atoms with Gasteiger partial charge in [0.15, 0.2) is 0 Å². The Kier molecular flexibility index (Phi) is 4.61. The molecule has 0 aromatic heterocycles. The number of hydrogen-bond donors (Lipinski definition) is 2. The molecule has 1 aromatic rings. The normalized spacial score (nSPS) is 19.4. The second kappa shape index (κ2) is 6.04. The molecule has 1 atom stereocenters. The van der Waals surface area contributed by atoms with Crippen molar-refractivity contribution in [2.75, 3.05) is 32.8 Å². The molecule has 0 aliphatic carbocycles. The van der Waals surface area contributed by atoms with E-state index >= 15 is 0 Å². The SMILES string of the molecule is Cc1ccccc1[C@H](N1CCNCC1)C(C)(C)CO. The Morgan fingerprint density at radius 1 is 1.26 bits per heavy atom. The Morgan fingerprint density at radius 2 is 1.89 bits per heavy atom. The van der Waals surface area contributed by atoms with Gasteiger partial charge in [-0.2, -0.15) is 0 Å². The molecule has 19 heavy (non-hydrogen) atoms. The Morgan fingerprint density at radius 3 is 2.47 bits per heavy atom. The zero-order valence-corrected chi connectivity index (χ0v) is 12.3. The van der Waals surface area contributed by atoms with Crippen LogP contribution in [-0.2, 0) is 0 Å². The van der Waals surface area contributed by atoms with Crippen LogP contribution in [0.1, 0.15) is 31.0 Å². The van der Waals surface area contributed by atoms with Crippen LogP contribution in [0.3, 0.4) is 0 Å². The number of nitrogens with zero attached hydrogens (tertiary/aromatic N) is 1. The molecular formula is C16H26N2O. The molecule has 1 aliphatic heterocycles. The van der Waals surface area contributed by atoms with Gasteiger partial charge in [-0.25, -0.2) is 0 Å². The third-order valence-electron chi connectivity index (χ3n) is 4.15. The molecule has 0 radical (unpaired) electrons. The molecule has 1 aliphatic rings. The lowest BCUT2D eigenvalue weighted by molar-refractivity contribution is 0.0302. The van der Waals surface area contributed by atoms with Crippen molar-refractivity contribution < 1.29 is 5.11 Å². The van der Waals surface area contributed by atoms with Gasteiger partial charge in [-0.05, 0) is 18.1 Å². The Labute approximate surface area is 116 Å². The van der Waals surface area contributed by atoms with Crippen LogP contribution in [0.15, 0.2) is 24.3 Å². The van der Waals surface area contributed by atoms with E-state index in [1.165, 1.54) is 11.1 Å². The van der Waals surface area contributed by atoms with Crippen LogP contribution in [0.4, 0.5) is 0 Å². The maximum atomic E-state index is 9.81. The van der Waals surface area contributed by atoms with Crippen LogP contribution in [0, 0.1) is 12.3 Å². The fourth-order valence-corrected chi connectivity index (χ4v) is 3.03. The first-order valence-corrected chi connectivity index (χ1v) is 7.17. The van der Waals surface area contributed by atoms with Crippen molar-refractivity contribution >= 4 is 0 Å². The zero-order chi connectivity index (χ0) is 13.9. The first-order chi connectivity index (χ1) is 9.06. The highest BCUT2D eigenvalue weighted by Gasteiger charge is 2.36. The maximum Gasteiger partial charge on any atom is 0.0500 e. The number of piperazine rings is 1. The van der Waals surface area contributed by atoms with E-state index in [1.54, 1.807) is 0 Å². The highest BCUT2D eigenvalue weighted by atomic mass is 16.3. The van der Waals surface area contributed by atoms with Crippen molar-refractivity contribution in [3.63, 3.8) is 0 Å². The lowest BCUT2D eigenvalue weighted by Crippen LogP contribution is -2.49. The molecule has 1 fully saturated rings. The maximum absolute atomic E-state index is 9.81. The van der Waals surface area contributed by atoms with E-state index in [0.29, 0.717) is 0 Å². The van der Waals surface area contributed by atoms with Crippen molar-refractivity contribution in [2.45, 2.75) is 26.8 Å². The van der Waals surface area contributed by atoms with Crippen LogP contribution in [0.25, 0.3) is 0 Å². The van der Waals surface area contributed by atoms with Gasteiger partial charge in [-0.3, -0.25) is 4.90 Å². The quantitative estimate of drug-likeness (QED) is 0.871. The molecular weight excluding hydrogens is 236 g/mol. The topological polar surface area (TPSA) is 35.5 Å². The summed E-state index contributed by atoms with van der Waals surface area (Å²) in [4.78, 5) is 2.51. The number of nitrogens with one attached hydrogen (secondary N) is 1. The predicted molar refractivity (Wildman–Crippen MR) is 79.2 cm³/mol. The molecule has 0 bridgehead atoms. The summed E-state index contributed by atoms with van der Waals surface area (Å²) in [5.41, 5.74) is 2.53. The summed E-state index contributed by atoms with van der Waals surface area (Å²) in [6, 6.07) is 8.84. The van der Waals surface area contributed by atoms with Gasteiger partial charge in [-0.15, -0.1) is 0 Å². The van der Waals surface area contributed by atoms with Gasteiger partial charge in [-0.1, -0.05) is 38.1 Å². The monoisotopic (exact) mass is 262 g/mol. The largest absolute Gasteiger partial charge is 0.396 e. The van der Waals surface area contributed by atoms with E-state index in [9.17, 15) is 5.11 Å². The van der Waals surface area contributed by atoms with Crippen molar-refractivity contribution in [3.05, 3.63) is 35.4 Å². The lowest BCUT2D eigenvalue weighted by Gasteiger charge is -2.44. The number of rotatable bonds is 4. The van der Waals surface area contributed by atoms with Gasteiger partial charge in [0.2, 0.25) is 0 Å². The van der Waals surface area contributed by atoms with Crippen molar-refractivity contribution in [1.82, 2.24) is 10.2 Å². The molecule has 0 amide bonds. The number of hydrogen-bond acceptors (Lipinski definition) is 3. The molecule has 1 aromatic carbocycles. The minimum absolute atomic E-state index is 0.135. The fourth-order valence-electron chi connectivity index (χ4n) is 3.03. The average molecular weight is 262 g/mol. The number of aliphatic hydroxyl groups is 1. The van der Waals surface area contributed by atoms with Gasteiger partial charge in [0.1, 0.15) is 0 Å². The van der Waals surface area contributed by atoms with E-state index in [0.717, 1.165) is 26.2 Å². The first kappa shape index (κ1) is 14.5. The second-order valence-electron chi connectivity index (χ2n) is 6.19. The van der Waals surface area contributed by atoms with Crippen LogP contribution in [0.5, 0.6) is 0 Å². The van der Waals surface area contributed by atoms with Crippen LogP contribution in [0.2, 0.25) is 0 Å². The second-order valence-corrected chi connectivity index (χ2v) is 6.19. The van der Waals surface area contributed by atoms with Gasteiger partial charge in [0, 0.05) is 44.2 Å². The molecule has 2 rings (SSSR count). The molecule has 0 unspecified atom stereocenters. The summed E-state index contributed by atoms with van der Waals surface area (Å²) in [5.74, 6) is 0. The summed E-state index contributed by atoms with van der Waals surface area (Å²) in [7, 11) is 0. The molecule has 3 nitrogen and oxygen atoms in total. The molecule has 0 spiro atoms. The van der Waals surface area contributed by atoms with Gasteiger partial charge in [0.05, 0.1) is 0 Å². The van der Waals surface area contributed by atoms with E-state index in [-0.39, 0.29) is 18.1 Å². The van der Waals surface area contributed by atoms with E-state index < -0.39 is 0 Å².